The van der Waals surface area contributed by atoms with Gasteiger partial charge in [-0.15, -0.1) is 0 Å². The zero-order valence-corrected chi connectivity index (χ0v) is 12.9. The van der Waals surface area contributed by atoms with E-state index in [1.807, 2.05) is 30.3 Å². The summed E-state index contributed by atoms with van der Waals surface area (Å²) in [5.41, 5.74) is 1.66. The zero-order chi connectivity index (χ0) is 16.3. The van der Waals surface area contributed by atoms with E-state index in [0.717, 1.165) is 11.3 Å². The molecule has 0 aromatic heterocycles. The number of aliphatic hydroxyl groups is 1. The summed E-state index contributed by atoms with van der Waals surface area (Å²) in [4.78, 5) is 11.9. The summed E-state index contributed by atoms with van der Waals surface area (Å²) in [7, 11) is 0. The third-order valence-electron chi connectivity index (χ3n) is 3.13. The van der Waals surface area contributed by atoms with E-state index in [9.17, 15) is 4.79 Å². The van der Waals surface area contributed by atoms with Gasteiger partial charge in [-0.1, -0.05) is 30.3 Å². The van der Waals surface area contributed by atoms with Gasteiger partial charge in [-0.3, -0.25) is 4.79 Å². The Morgan fingerprint density at radius 3 is 2.43 bits per heavy atom. The molecule has 0 fully saturated rings. The lowest BCUT2D eigenvalue weighted by Crippen LogP contribution is -2.27. The van der Waals surface area contributed by atoms with Gasteiger partial charge in [0.15, 0.2) is 0 Å². The van der Waals surface area contributed by atoms with Crippen molar-refractivity contribution in [2.45, 2.75) is 6.61 Å². The van der Waals surface area contributed by atoms with Crippen molar-refractivity contribution in [1.29, 1.82) is 0 Å². The zero-order valence-electron chi connectivity index (χ0n) is 12.9. The Balaban J connectivity index is 1.76. The lowest BCUT2D eigenvalue weighted by molar-refractivity contribution is 0.0838. The van der Waals surface area contributed by atoms with Gasteiger partial charge in [0.2, 0.25) is 0 Å². The van der Waals surface area contributed by atoms with E-state index in [-0.39, 0.29) is 19.1 Å². The van der Waals surface area contributed by atoms with Crippen LogP contribution in [0.4, 0.5) is 0 Å². The summed E-state index contributed by atoms with van der Waals surface area (Å²) in [5.74, 6) is 0.559. The molecule has 0 heterocycles. The van der Waals surface area contributed by atoms with Crippen LogP contribution in [0.5, 0.6) is 5.75 Å². The molecule has 0 aliphatic carbocycles. The predicted octanol–water partition coefficient (Wildman–Crippen LogP) is 2.00. The van der Waals surface area contributed by atoms with E-state index < -0.39 is 0 Å². The third kappa shape index (κ3) is 6.10. The van der Waals surface area contributed by atoms with Gasteiger partial charge in [0, 0.05) is 12.1 Å². The number of hydrogen-bond donors (Lipinski definition) is 2. The number of carbonyl (C=O) groups is 1. The van der Waals surface area contributed by atoms with Gasteiger partial charge >= 0.3 is 0 Å². The number of carbonyl (C=O) groups excluding carboxylic acids is 1. The van der Waals surface area contributed by atoms with Gasteiger partial charge in [-0.05, 0) is 29.8 Å². The first kappa shape index (κ1) is 17.0. The second kappa shape index (κ2) is 9.61. The lowest BCUT2D eigenvalue weighted by Gasteiger charge is -2.08. The van der Waals surface area contributed by atoms with Gasteiger partial charge < -0.3 is 19.9 Å². The molecule has 0 saturated carbocycles. The molecule has 122 valence electrons. The van der Waals surface area contributed by atoms with Gasteiger partial charge in [0.1, 0.15) is 12.4 Å². The van der Waals surface area contributed by atoms with Crippen molar-refractivity contribution in [3.8, 4) is 5.75 Å². The molecule has 0 unspecified atom stereocenters. The molecule has 0 saturated heterocycles. The monoisotopic (exact) mass is 315 g/mol. The molecule has 0 spiro atoms. The Labute approximate surface area is 135 Å². The summed E-state index contributed by atoms with van der Waals surface area (Å²) >= 11 is 0. The molecule has 1 amide bonds. The second-order valence-corrected chi connectivity index (χ2v) is 4.89. The molecular formula is C18H21NO4. The van der Waals surface area contributed by atoms with E-state index in [4.69, 9.17) is 14.6 Å². The maximum Gasteiger partial charge on any atom is 0.251 e. The summed E-state index contributed by atoms with van der Waals surface area (Å²) in [5, 5.41) is 11.3. The summed E-state index contributed by atoms with van der Waals surface area (Å²) in [6.45, 7) is 1.55. The molecule has 5 nitrogen and oxygen atoms in total. The molecule has 0 aliphatic heterocycles. The first-order valence-corrected chi connectivity index (χ1v) is 7.53. The molecule has 0 bridgehead atoms. The smallest absolute Gasteiger partial charge is 0.251 e. The Kier molecular flexibility index (Phi) is 7.10. The fourth-order valence-electron chi connectivity index (χ4n) is 1.95. The number of nitrogens with one attached hydrogen (secondary N) is 1. The number of rotatable bonds is 9. The highest BCUT2D eigenvalue weighted by Crippen LogP contribution is 2.14. The van der Waals surface area contributed by atoms with Crippen molar-refractivity contribution in [2.75, 3.05) is 26.4 Å². The molecule has 5 heteroatoms. The van der Waals surface area contributed by atoms with Gasteiger partial charge in [0.05, 0.1) is 19.8 Å². The Morgan fingerprint density at radius 1 is 1.00 bits per heavy atom. The number of hydrogen-bond acceptors (Lipinski definition) is 4. The Bertz CT molecular complexity index is 584. The van der Waals surface area contributed by atoms with Crippen LogP contribution < -0.4 is 10.1 Å². The largest absolute Gasteiger partial charge is 0.489 e. The van der Waals surface area contributed by atoms with Crippen LogP contribution in [0.3, 0.4) is 0 Å². The molecule has 2 rings (SSSR count). The van der Waals surface area contributed by atoms with Crippen LogP contribution in [0.15, 0.2) is 54.6 Å². The predicted molar refractivity (Wildman–Crippen MR) is 87.5 cm³/mol. The van der Waals surface area contributed by atoms with Crippen molar-refractivity contribution in [1.82, 2.24) is 5.32 Å². The molecular weight excluding hydrogens is 294 g/mol. The Morgan fingerprint density at radius 2 is 1.74 bits per heavy atom. The van der Waals surface area contributed by atoms with Crippen molar-refractivity contribution in [2.24, 2.45) is 0 Å². The van der Waals surface area contributed by atoms with E-state index in [0.29, 0.717) is 25.3 Å². The number of benzene rings is 2. The van der Waals surface area contributed by atoms with Crippen molar-refractivity contribution >= 4 is 5.91 Å². The minimum absolute atomic E-state index is 0.0155. The van der Waals surface area contributed by atoms with E-state index in [1.165, 1.54) is 0 Å². The van der Waals surface area contributed by atoms with Crippen LogP contribution in [0, 0.1) is 0 Å². The molecule has 2 aromatic rings. The number of amides is 1. The number of ether oxygens (including phenoxy) is 2. The van der Waals surface area contributed by atoms with E-state index in [1.54, 1.807) is 24.3 Å². The van der Waals surface area contributed by atoms with Crippen LogP contribution in [0.2, 0.25) is 0 Å². The average Bonchev–Trinajstić information content (AvgIpc) is 2.61. The number of aliphatic hydroxyl groups excluding tert-OH is 1. The van der Waals surface area contributed by atoms with Crippen LogP contribution in [-0.4, -0.2) is 37.4 Å². The average molecular weight is 315 g/mol. The highest BCUT2D eigenvalue weighted by Gasteiger charge is 2.05. The summed E-state index contributed by atoms with van der Waals surface area (Å²) < 4.78 is 10.8. The molecule has 0 aliphatic rings. The summed E-state index contributed by atoms with van der Waals surface area (Å²) in [6, 6.07) is 16.9. The first-order valence-electron chi connectivity index (χ1n) is 7.53. The highest BCUT2D eigenvalue weighted by atomic mass is 16.5. The molecule has 2 N–H and O–H groups in total. The fraction of sp³-hybridized carbons (Fsp3) is 0.278. The standard InChI is InChI=1S/C18H21NO4/c20-11-13-22-12-10-19-18(21)16-6-8-17(9-7-16)23-14-15-4-2-1-3-5-15/h1-9,20H,10-14H2,(H,19,21). The van der Waals surface area contributed by atoms with Crippen molar-refractivity contribution < 1.29 is 19.4 Å². The lowest BCUT2D eigenvalue weighted by atomic mass is 10.2. The quantitative estimate of drug-likeness (QED) is 0.695. The Hall–Kier alpha value is -2.37. The van der Waals surface area contributed by atoms with Crippen molar-refractivity contribution in [3.63, 3.8) is 0 Å². The molecule has 0 atom stereocenters. The first-order chi connectivity index (χ1) is 11.3. The van der Waals surface area contributed by atoms with E-state index >= 15 is 0 Å². The van der Waals surface area contributed by atoms with Crippen molar-refractivity contribution in [3.05, 3.63) is 65.7 Å². The third-order valence-corrected chi connectivity index (χ3v) is 3.13. The van der Waals surface area contributed by atoms with E-state index in [2.05, 4.69) is 5.32 Å². The minimum Gasteiger partial charge on any atom is -0.489 e. The van der Waals surface area contributed by atoms with Crippen LogP contribution in [0.1, 0.15) is 15.9 Å². The van der Waals surface area contributed by atoms with Crippen LogP contribution in [-0.2, 0) is 11.3 Å². The fourth-order valence-corrected chi connectivity index (χ4v) is 1.95. The highest BCUT2D eigenvalue weighted by molar-refractivity contribution is 5.94. The maximum atomic E-state index is 11.9. The van der Waals surface area contributed by atoms with Gasteiger partial charge in [-0.25, -0.2) is 0 Å². The maximum absolute atomic E-state index is 11.9. The van der Waals surface area contributed by atoms with Gasteiger partial charge in [-0.2, -0.15) is 0 Å². The van der Waals surface area contributed by atoms with Crippen LogP contribution in [0.25, 0.3) is 0 Å². The summed E-state index contributed by atoms with van der Waals surface area (Å²) in [6.07, 6.45) is 0. The SMILES string of the molecule is O=C(NCCOCCO)c1ccc(OCc2ccccc2)cc1. The molecule has 23 heavy (non-hydrogen) atoms. The molecule has 0 radical (unpaired) electrons. The normalized spacial score (nSPS) is 10.3. The second-order valence-electron chi connectivity index (χ2n) is 4.89. The van der Waals surface area contributed by atoms with Crippen LogP contribution >= 0.6 is 0 Å². The minimum atomic E-state index is -0.160. The van der Waals surface area contributed by atoms with Gasteiger partial charge in [0.25, 0.3) is 5.91 Å². The molecule has 2 aromatic carbocycles. The topological polar surface area (TPSA) is 67.8 Å².